The van der Waals surface area contributed by atoms with Gasteiger partial charge in [0.15, 0.2) is 0 Å². The lowest BCUT2D eigenvalue weighted by Crippen LogP contribution is -2.17. The summed E-state index contributed by atoms with van der Waals surface area (Å²) in [7, 11) is -3.72. The monoisotopic (exact) mass is 344 g/mol. The molecule has 24 heavy (non-hydrogen) atoms. The summed E-state index contributed by atoms with van der Waals surface area (Å²) in [6.07, 6.45) is 5.48. The molecule has 0 heterocycles. The molecular weight excluding hydrogens is 328 g/mol. The zero-order valence-electron chi connectivity index (χ0n) is 12.6. The molecule has 124 valence electrons. The van der Waals surface area contributed by atoms with Crippen LogP contribution >= 0.6 is 0 Å². The normalized spacial score (nSPS) is 11.7. The predicted octanol–water partition coefficient (Wildman–Crippen LogP) is 2.15. The minimum atomic E-state index is -3.72. The highest BCUT2D eigenvalue weighted by Crippen LogP contribution is 2.13. The molecule has 0 radical (unpaired) electrons. The van der Waals surface area contributed by atoms with E-state index in [4.69, 9.17) is 5.21 Å². The Morgan fingerprint density at radius 3 is 2.38 bits per heavy atom. The molecule has 2 aromatic rings. The van der Waals surface area contributed by atoms with Gasteiger partial charge in [-0.15, -0.1) is 0 Å². The van der Waals surface area contributed by atoms with Crippen LogP contribution < -0.4 is 10.2 Å². The molecule has 2 rings (SSSR count). The van der Waals surface area contributed by atoms with Crippen LogP contribution in [0.1, 0.15) is 11.1 Å². The van der Waals surface area contributed by atoms with Gasteiger partial charge in [0, 0.05) is 12.3 Å². The Kier molecular flexibility index (Phi) is 5.89. The van der Waals surface area contributed by atoms with Gasteiger partial charge in [-0.3, -0.25) is 14.7 Å². The molecule has 0 spiro atoms. The SMILES string of the molecule is O=C(C=Cc1cccc(S(=O)(=O)NC=Cc2ccccc2)c1)NO. The smallest absolute Gasteiger partial charge is 0.267 e. The van der Waals surface area contributed by atoms with Gasteiger partial charge in [0.05, 0.1) is 4.90 Å². The van der Waals surface area contributed by atoms with Gasteiger partial charge < -0.3 is 0 Å². The van der Waals surface area contributed by atoms with Crippen LogP contribution in [0.25, 0.3) is 12.2 Å². The van der Waals surface area contributed by atoms with Gasteiger partial charge in [-0.25, -0.2) is 13.9 Å². The molecule has 0 aliphatic heterocycles. The molecule has 0 fully saturated rings. The number of hydrogen-bond donors (Lipinski definition) is 3. The second kappa shape index (κ2) is 8.09. The standard InChI is InChI=1S/C17H16N2O4S/c20-17(19-21)10-9-15-7-4-8-16(13-15)24(22,23)18-12-11-14-5-2-1-3-6-14/h1-13,18,21H,(H,19,20). The maximum Gasteiger partial charge on any atom is 0.267 e. The van der Waals surface area contributed by atoms with Crippen molar-refractivity contribution in [2.24, 2.45) is 0 Å². The van der Waals surface area contributed by atoms with Gasteiger partial charge in [-0.2, -0.15) is 0 Å². The number of carbonyl (C=O) groups excluding carboxylic acids is 1. The van der Waals surface area contributed by atoms with E-state index in [1.165, 1.54) is 29.9 Å². The first-order chi connectivity index (χ1) is 11.5. The second-order valence-electron chi connectivity index (χ2n) is 4.75. The van der Waals surface area contributed by atoms with Gasteiger partial charge in [0.2, 0.25) is 0 Å². The zero-order valence-corrected chi connectivity index (χ0v) is 13.4. The van der Waals surface area contributed by atoms with E-state index in [2.05, 4.69) is 4.72 Å². The lowest BCUT2D eigenvalue weighted by atomic mass is 10.2. The first-order valence-electron chi connectivity index (χ1n) is 6.97. The average Bonchev–Trinajstić information content (AvgIpc) is 2.60. The molecule has 0 saturated carbocycles. The Balaban J connectivity index is 2.13. The Labute approximate surface area is 140 Å². The van der Waals surface area contributed by atoms with Crippen LogP contribution in [0, 0.1) is 0 Å². The van der Waals surface area contributed by atoms with E-state index in [1.807, 2.05) is 30.3 Å². The minimum Gasteiger partial charge on any atom is -0.288 e. The number of nitrogens with one attached hydrogen (secondary N) is 2. The van der Waals surface area contributed by atoms with Crippen LogP contribution in [0.5, 0.6) is 0 Å². The Morgan fingerprint density at radius 2 is 1.67 bits per heavy atom. The number of carbonyl (C=O) groups is 1. The van der Waals surface area contributed by atoms with E-state index in [0.717, 1.165) is 11.6 Å². The summed E-state index contributed by atoms with van der Waals surface area (Å²) in [6.45, 7) is 0. The highest BCUT2D eigenvalue weighted by molar-refractivity contribution is 7.89. The summed E-state index contributed by atoms with van der Waals surface area (Å²) in [5.41, 5.74) is 2.83. The summed E-state index contributed by atoms with van der Waals surface area (Å²) < 4.78 is 26.9. The van der Waals surface area contributed by atoms with Crippen molar-refractivity contribution in [2.45, 2.75) is 4.90 Å². The molecule has 2 aromatic carbocycles. The average molecular weight is 344 g/mol. The van der Waals surface area contributed by atoms with E-state index in [1.54, 1.807) is 18.2 Å². The highest BCUT2D eigenvalue weighted by Gasteiger charge is 2.11. The lowest BCUT2D eigenvalue weighted by Gasteiger charge is -2.05. The fourth-order valence-corrected chi connectivity index (χ4v) is 2.78. The van der Waals surface area contributed by atoms with E-state index in [-0.39, 0.29) is 4.90 Å². The largest absolute Gasteiger partial charge is 0.288 e. The Hall–Kier alpha value is -2.90. The maximum absolute atomic E-state index is 12.3. The van der Waals surface area contributed by atoms with E-state index in [0.29, 0.717) is 5.56 Å². The molecule has 1 amide bonds. The molecule has 0 aromatic heterocycles. The number of hydrogen-bond acceptors (Lipinski definition) is 4. The first-order valence-corrected chi connectivity index (χ1v) is 8.46. The molecule has 6 nitrogen and oxygen atoms in total. The lowest BCUT2D eigenvalue weighted by molar-refractivity contribution is -0.124. The summed E-state index contributed by atoms with van der Waals surface area (Å²) in [4.78, 5) is 11.0. The van der Waals surface area contributed by atoms with E-state index >= 15 is 0 Å². The third-order valence-corrected chi connectivity index (χ3v) is 4.33. The molecule has 0 bridgehead atoms. The predicted molar refractivity (Wildman–Crippen MR) is 91.2 cm³/mol. The molecule has 0 unspecified atom stereocenters. The third kappa shape index (κ3) is 5.08. The quantitative estimate of drug-likeness (QED) is 0.425. The number of sulfonamides is 1. The van der Waals surface area contributed by atoms with Crippen molar-refractivity contribution < 1.29 is 18.4 Å². The molecule has 0 saturated heterocycles. The molecule has 7 heteroatoms. The summed E-state index contributed by atoms with van der Waals surface area (Å²) in [5.74, 6) is -0.702. The Morgan fingerprint density at radius 1 is 0.958 bits per heavy atom. The van der Waals surface area contributed by atoms with Crippen LogP contribution in [0.15, 0.2) is 71.8 Å². The van der Waals surface area contributed by atoms with Gasteiger partial charge in [0.25, 0.3) is 15.9 Å². The number of hydroxylamine groups is 1. The summed E-state index contributed by atoms with van der Waals surface area (Å²) >= 11 is 0. The van der Waals surface area contributed by atoms with Gasteiger partial charge in [0.1, 0.15) is 0 Å². The topological polar surface area (TPSA) is 95.5 Å². The second-order valence-corrected chi connectivity index (χ2v) is 6.46. The molecule has 0 aliphatic rings. The van der Waals surface area contributed by atoms with Crippen LogP contribution in [0.3, 0.4) is 0 Å². The Bertz CT molecular complexity index is 859. The molecular formula is C17H16N2O4S. The number of amides is 1. The fourth-order valence-electron chi connectivity index (χ4n) is 1.85. The fraction of sp³-hybridized carbons (Fsp3) is 0. The molecule has 0 aliphatic carbocycles. The summed E-state index contributed by atoms with van der Waals surface area (Å²) in [5, 5.41) is 8.42. The van der Waals surface area contributed by atoms with Gasteiger partial charge in [-0.1, -0.05) is 42.5 Å². The summed E-state index contributed by atoms with van der Waals surface area (Å²) in [6, 6.07) is 15.3. The van der Waals surface area contributed by atoms with Gasteiger partial charge in [-0.05, 0) is 35.4 Å². The zero-order chi connectivity index (χ0) is 17.4. The number of rotatable bonds is 6. The van der Waals surface area contributed by atoms with Crippen LogP contribution in [0.4, 0.5) is 0 Å². The molecule has 0 atom stereocenters. The number of benzene rings is 2. The maximum atomic E-state index is 12.3. The third-order valence-electron chi connectivity index (χ3n) is 3.00. The molecule has 3 N–H and O–H groups in total. The van der Waals surface area contributed by atoms with E-state index < -0.39 is 15.9 Å². The first kappa shape index (κ1) is 17.5. The van der Waals surface area contributed by atoms with Gasteiger partial charge >= 0.3 is 0 Å². The highest BCUT2D eigenvalue weighted by atomic mass is 32.2. The van der Waals surface area contributed by atoms with Crippen LogP contribution in [0.2, 0.25) is 0 Å². The van der Waals surface area contributed by atoms with E-state index in [9.17, 15) is 13.2 Å². The van der Waals surface area contributed by atoms with Crippen LogP contribution in [-0.2, 0) is 14.8 Å². The van der Waals surface area contributed by atoms with Crippen molar-refractivity contribution in [3.8, 4) is 0 Å². The van der Waals surface area contributed by atoms with Crippen LogP contribution in [-0.4, -0.2) is 19.5 Å². The van der Waals surface area contributed by atoms with Crippen molar-refractivity contribution in [1.29, 1.82) is 0 Å². The van der Waals surface area contributed by atoms with Crippen molar-refractivity contribution >= 4 is 28.1 Å². The van der Waals surface area contributed by atoms with Crippen molar-refractivity contribution in [3.63, 3.8) is 0 Å². The van der Waals surface area contributed by atoms with Crippen molar-refractivity contribution in [1.82, 2.24) is 10.2 Å². The van der Waals surface area contributed by atoms with Crippen molar-refractivity contribution in [2.75, 3.05) is 0 Å². The van der Waals surface area contributed by atoms with Crippen molar-refractivity contribution in [3.05, 3.63) is 78.0 Å². The minimum absolute atomic E-state index is 0.0618.